The molecule has 0 aliphatic rings. The van der Waals surface area contributed by atoms with Crippen molar-refractivity contribution in [1.29, 1.82) is 0 Å². The summed E-state index contributed by atoms with van der Waals surface area (Å²) in [4.78, 5) is 8.18. The molecule has 110 valence electrons. The molecule has 0 bridgehead atoms. The van der Waals surface area contributed by atoms with Gasteiger partial charge in [0.2, 0.25) is 0 Å². The van der Waals surface area contributed by atoms with Crippen molar-refractivity contribution in [3.05, 3.63) is 50.8 Å². The molecule has 0 atom stereocenters. The number of anilines is 1. The van der Waals surface area contributed by atoms with Gasteiger partial charge in [-0.3, -0.25) is 0 Å². The number of hydrogen-bond acceptors (Lipinski definition) is 3. The Labute approximate surface area is 146 Å². The minimum atomic E-state index is 0.476. The van der Waals surface area contributed by atoms with E-state index in [-0.39, 0.29) is 0 Å². The van der Waals surface area contributed by atoms with E-state index in [9.17, 15) is 0 Å². The molecule has 0 unspecified atom stereocenters. The Hall–Kier alpha value is -0.950. The highest BCUT2D eigenvalue weighted by molar-refractivity contribution is 9.10. The zero-order valence-electron chi connectivity index (χ0n) is 10.7. The van der Waals surface area contributed by atoms with Crippen molar-refractivity contribution in [2.24, 2.45) is 0 Å². The fourth-order valence-electron chi connectivity index (χ4n) is 1.63. The lowest BCUT2D eigenvalue weighted by Crippen LogP contribution is -2.30. The van der Waals surface area contributed by atoms with Gasteiger partial charge in [-0.05, 0) is 58.3 Å². The maximum atomic E-state index is 5.95. The van der Waals surface area contributed by atoms with Gasteiger partial charge in [0.15, 0.2) is 10.9 Å². The predicted octanol–water partition coefficient (Wildman–Crippen LogP) is 4.08. The van der Waals surface area contributed by atoms with Crippen molar-refractivity contribution in [1.82, 2.24) is 15.3 Å². The smallest absolute Gasteiger partial charge is 0.172 e. The Morgan fingerprint density at radius 3 is 2.48 bits per heavy atom. The van der Waals surface area contributed by atoms with Gasteiger partial charge in [0.1, 0.15) is 4.60 Å². The van der Waals surface area contributed by atoms with E-state index in [4.69, 9.17) is 35.4 Å². The van der Waals surface area contributed by atoms with E-state index in [0.717, 1.165) is 12.0 Å². The molecule has 0 aliphatic heterocycles. The van der Waals surface area contributed by atoms with Crippen LogP contribution in [0.5, 0.6) is 0 Å². The van der Waals surface area contributed by atoms with Crippen LogP contribution in [0.15, 0.2) is 35.2 Å². The minimum Gasteiger partial charge on any atom is -0.362 e. The number of nitrogens with zero attached hydrogens (tertiary/aromatic N) is 2. The molecule has 4 nitrogen and oxygen atoms in total. The summed E-state index contributed by atoms with van der Waals surface area (Å²) in [5, 5.41) is 7.79. The topological polar surface area (TPSA) is 49.8 Å². The van der Waals surface area contributed by atoms with E-state index in [1.807, 2.05) is 12.1 Å². The molecule has 0 saturated carbocycles. The fourth-order valence-corrected chi connectivity index (χ4v) is 2.72. The van der Waals surface area contributed by atoms with E-state index >= 15 is 0 Å². The first-order chi connectivity index (χ1) is 10.0. The molecule has 2 N–H and O–H groups in total. The fraction of sp³-hybridized carbons (Fsp3) is 0.154. The van der Waals surface area contributed by atoms with Crippen molar-refractivity contribution < 1.29 is 0 Å². The molecule has 1 aromatic carbocycles. The third-order valence-electron chi connectivity index (χ3n) is 2.51. The lowest BCUT2D eigenvalue weighted by Gasteiger charge is -2.10. The summed E-state index contributed by atoms with van der Waals surface area (Å²) < 4.78 is 0.607. The Balaban J connectivity index is 1.83. The van der Waals surface area contributed by atoms with Crippen molar-refractivity contribution in [2.45, 2.75) is 6.42 Å². The molecule has 1 aromatic heterocycles. The first kappa shape index (κ1) is 16.4. The van der Waals surface area contributed by atoms with E-state index < -0.39 is 0 Å². The van der Waals surface area contributed by atoms with Gasteiger partial charge >= 0.3 is 0 Å². The molecule has 2 rings (SSSR count). The normalized spacial score (nSPS) is 10.2. The third-order valence-corrected chi connectivity index (χ3v) is 3.77. The zero-order valence-corrected chi connectivity index (χ0v) is 14.7. The first-order valence-electron chi connectivity index (χ1n) is 6.01. The van der Waals surface area contributed by atoms with Gasteiger partial charge in [-0.15, -0.1) is 0 Å². The number of thiocarbonyl (C=S) groups is 1. The summed E-state index contributed by atoms with van der Waals surface area (Å²) in [5.74, 6) is 0.570. The van der Waals surface area contributed by atoms with Crippen LogP contribution in [0.2, 0.25) is 10.0 Å². The molecule has 2 aromatic rings. The Morgan fingerprint density at radius 1 is 1.14 bits per heavy atom. The van der Waals surface area contributed by atoms with Crippen LogP contribution in [-0.4, -0.2) is 21.6 Å². The first-order valence-corrected chi connectivity index (χ1v) is 7.96. The van der Waals surface area contributed by atoms with E-state index in [1.165, 1.54) is 0 Å². The monoisotopic (exact) mass is 404 g/mol. The van der Waals surface area contributed by atoms with Gasteiger partial charge in [0.05, 0.1) is 0 Å². The van der Waals surface area contributed by atoms with Gasteiger partial charge < -0.3 is 10.6 Å². The van der Waals surface area contributed by atoms with E-state index in [1.54, 1.807) is 18.5 Å². The maximum Gasteiger partial charge on any atom is 0.172 e. The zero-order chi connectivity index (χ0) is 15.2. The van der Waals surface area contributed by atoms with Gasteiger partial charge in [0, 0.05) is 29.0 Å². The van der Waals surface area contributed by atoms with E-state index in [2.05, 4.69) is 36.5 Å². The SMILES string of the molecule is S=C(NCCc1cc(Cl)cc(Cl)c1)Nc1nccnc1Br. The van der Waals surface area contributed by atoms with Crippen molar-refractivity contribution >= 4 is 62.3 Å². The molecule has 21 heavy (non-hydrogen) atoms. The van der Waals surface area contributed by atoms with Crippen LogP contribution in [0.4, 0.5) is 5.82 Å². The maximum absolute atomic E-state index is 5.95. The van der Waals surface area contributed by atoms with Crippen molar-refractivity contribution in [2.75, 3.05) is 11.9 Å². The highest BCUT2D eigenvalue weighted by atomic mass is 79.9. The van der Waals surface area contributed by atoms with Gasteiger partial charge in [-0.2, -0.15) is 0 Å². The third kappa shape index (κ3) is 5.39. The standard InChI is InChI=1S/C13H11BrCl2N4S/c14-11-12(18-4-3-17-11)20-13(21)19-2-1-8-5-9(15)7-10(16)6-8/h3-7H,1-2H2,(H2,18,19,20,21). The van der Waals surface area contributed by atoms with Crippen LogP contribution in [0.3, 0.4) is 0 Å². The van der Waals surface area contributed by atoms with Crippen LogP contribution in [-0.2, 0) is 6.42 Å². The van der Waals surface area contributed by atoms with Crippen LogP contribution in [0.1, 0.15) is 5.56 Å². The highest BCUT2D eigenvalue weighted by Crippen LogP contribution is 2.19. The molecule has 0 saturated heterocycles. The Kier molecular flexibility index (Phi) is 6.17. The quantitative estimate of drug-likeness (QED) is 0.750. The predicted molar refractivity (Wildman–Crippen MR) is 94.1 cm³/mol. The second kappa shape index (κ2) is 7.89. The van der Waals surface area contributed by atoms with Crippen LogP contribution in [0, 0.1) is 0 Å². The molecule has 1 heterocycles. The average Bonchev–Trinajstić information content (AvgIpc) is 2.40. The molecule has 0 aliphatic carbocycles. The molecule has 0 fully saturated rings. The second-order valence-electron chi connectivity index (χ2n) is 4.10. The molecule has 8 heteroatoms. The van der Waals surface area contributed by atoms with Gasteiger partial charge in [-0.25, -0.2) is 9.97 Å². The summed E-state index contributed by atoms with van der Waals surface area (Å²) in [5.41, 5.74) is 1.04. The average molecular weight is 406 g/mol. The lowest BCUT2D eigenvalue weighted by atomic mass is 10.1. The molecule has 0 radical (unpaired) electrons. The number of benzene rings is 1. The molecular weight excluding hydrogens is 395 g/mol. The number of halogens is 3. The summed E-state index contributed by atoms with van der Waals surface area (Å²) in [7, 11) is 0. The Morgan fingerprint density at radius 2 is 1.81 bits per heavy atom. The Bertz CT molecular complexity index is 634. The lowest BCUT2D eigenvalue weighted by molar-refractivity contribution is 0.872. The summed E-state index contributed by atoms with van der Waals surface area (Å²) in [6.07, 6.45) is 3.93. The summed E-state index contributed by atoms with van der Waals surface area (Å²) in [6.45, 7) is 0.653. The van der Waals surface area contributed by atoms with Crippen LogP contribution in [0.25, 0.3) is 0 Å². The number of nitrogens with one attached hydrogen (secondary N) is 2. The highest BCUT2D eigenvalue weighted by Gasteiger charge is 2.04. The van der Waals surface area contributed by atoms with Crippen LogP contribution < -0.4 is 10.6 Å². The minimum absolute atomic E-state index is 0.476. The number of rotatable bonds is 4. The van der Waals surface area contributed by atoms with Crippen molar-refractivity contribution in [3.8, 4) is 0 Å². The molecule has 0 spiro atoms. The second-order valence-corrected chi connectivity index (χ2v) is 6.14. The van der Waals surface area contributed by atoms with Gasteiger partial charge in [0.25, 0.3) is 0 Å². The molecular formula is C13H11BrCl2N4S. The van der Waals surface area contributed by atoms with Gasteiger partial charge in [-0.1, -0.05) is 23.2 Å². The number of hydrogen-bond donors (Lipinski definition) is 2. The van der Waals surface area contributed by atoms with E-state index in [0.29, 0.717) is 32.1 Å². The van der Waals surface area contributed by atoms with Crippen LogP contribution >= 0.6 is 51.3 Å². The largest absolute Gasteiger partial charge is 0.362 e. The van der Waals surface area contributed by atoms with Crippen molar-refractivity contribution in [3.63, 3.8) is 0 Å². The summed E-state index contributed by atoms with van der Waals surface area (Å²) in [6, 6.07) is 5.47. The molecule has 0 amide bonds. The summed E-state index contributed by atoms with van der Waals surface area (Å²) >= 11 is 20.4. The number of aromatic nitrogens is 2.